The summed E-state index contributed by atoms with van der Waals surface area (Å²) in [6.07, 6.45) is 2.30. The lowest BCUT2D eigenvalue weighted by Crippen LogP contribution is -2.49. The summed E-state index contributed by atoms with van der Waals surface area (Å²) in [5.74, 6) is -4.95. The molecule has 1 saturated carbocycles. The van der Waals surface area contributed by atoms with Gasteiger partial charge in [0.25, 0.3) is 0 Å². The number of rotatable bonds is 5. The number of carbonyl (C=O) groups is 4. The summed E-state index contributed by atoms with van der Waals surface area (Å²) >= 11 is 0. The number of carbonyl (C=O) groups excluding carboxylic acids is 4. The van der Waals surface area contributed by atoms with Gasteiger partial charge in [0.2, 0.25) is 23.6 Å². The van der Waals surface area contributed by atoms with Crippen LogP contribution in [0.2, 0.25) is 0 Å². The van der Waals surface area contributed by atoms with Gasteiger partial charge in [0.15, 0.2) is 0 Å². The number of benzene rings is 3. The van der Waals surface area contributed by atoms with E-state index in [0.717, 1.165) is 10.5 Å². The minimum absolute atomic E-state index is 0.0716. The summed E-state index contributed by atoms with van der Waals surface area (Å²) in [5, 5.41) is 30.6. The molecule has 2 aliphatic carbocycles. The number of methoxy groups -OCH3 is 1. The van der Waals surface area contributed by atoms with Crippen molar-refractivity contribution in [1.29, 1.82) is 0 Å². The third-order valence-electron chi connectivity index (χ3n) is 10.3. The van der Waals surface area contributed by atoms with Crippen molar-refractivity contribution in [2.24, 2.45) is 29.1 Å². The number of hydrogen-bond acceptors (Lipinski definition) is 8. The highest BCUT2D eigenvalue weighted by atomic mass is 16.5. The average Bonchev–Trinajstić information content (AvgIpc) is 3.41. The molecule has 10 nitrogen and oxygen atoms in total. The number of aromatic hydroxyl groups is 1. The van der Waals surface area contributed by atoms with Crippen LogP contribution >= 0.6 is 0 Å². The normalized spacial score (nSPS) is 28.9. The van der Waals surface area contributed by atoms with Crippen LogP contribution in [0.3, 0.4) is 0 Å². The molecular formula is C34H31BN2O8. The van der Waals surface area contributed by atoms with E-state index in [1.165, 1.54) is 30.2 Å². The summed E-state index contributed by atoms with van der Waals surface area (Å²) in [5.41, 5.74) is 0.651. The second-order valence-electron chi connectivity index (χ2n) is 12.4. The smallest absolute Gasteiger partial charge is 0.488 e. The van der Waals surface area contributed by atoms with Crippen molar-refractivity contribution < 1.29 is 39.1 Å². The Labute approximate surface area is 259 Å². The predicted molar refractivity (Wildman–Crippen MR) is 164 cm³/mol. The van der Waals surface area contributed by atoms with Crippen molar-refractivity contribution in [3.05, 3.63) is 90.0 Å². The molecule has 3 N–H and O–H groups in total. The maximum absolute atomic E-state index is 14.5. The second-order valence-corrected chi connectivity index (χ2v) is 12.4. The third-order valence-corrected chi connectivity index (χ3v) is 10.3. The highest BCUT2D eigenvalue weighted by Crippen LogP contribution is 2.64. The number of nitrogens with zero attached hydrogens (tertiary/aromatic N) is 2. The molecule has 0 aromatic heterocycles. The first kappa shape index (κ1) is 29.0. The van der Waals surface area contributed by atoms with Gasteiger partial charge in [-0.3, -0.25) is 24.1 Å². The number of ether oxygens (including phenoxy) is 1. The first-order chi connectivity index (χ1) is 21.6. The molecule has 3 fully saturated rings. The highest BCUT2D eigenvalue weighted by molar-refractivity contribution is 6.58. The number of fused-ring (bicyclic) bond motifs is 4. The molecule has 6 atom stereocenters. The Morgan fingerprint density at radius 2 is 1.58 bits per heavy atom. The molecule has 2 saturated heterocycles. The zero-order valence-corrected chi connectivity index (χ0v) is 24.7. The molecule has 4 aliphatic rings. The Morgan fingerprint density at radius 3 is 2.29 bits per heavy atom. The van der Waals surface area contributed by atoms with Gasteiger partial charge >= 0.3 is 7.12 Å². The molecule has 228 valence electrons. The Hall–Kier alpha value is -4.74. The maximum Gasteiger partial charge on any atom is 0.488 e. The summed E-state index contributed by atoms with van der Waals surface area (Å²) in [6.45, 7) is 1.76. The van der Waals surface area contributed by atoms with Crippen molar-refractivity contribution in [1.82, 2.24) is 0 Å². The molecule has 0 unspecified atom stereocenters. The number of imide groups is 2. The number of allylic oxidation sites excluding steroid dienone is 2. The maximum atomic E-state index is 14.5. The van der Waals surface area contributed by atoms with Crippen molar-refractivity contribution in [2.75, 3.05) is 16.9 Å². The number of hydrogen-bond donors (Lipinski definition) is 3. The minimum Gasteiger partial charge on any atom is -0.508 e. The standard InChI is InChI=1S/C34H31BN2O8/c1-34-26(31(40)37(33(34)42)19-8-4-3-5-9-19)17-24-22(29(34)25-16-21(45-2)11-14-27(25)38)12-13-23-28(24)32(41)36(30(23)39)20-10-6-7-18(15-20)35(43)44/h3-12,14-16,23-24,26,28-29,38,43-44H,13,17H2,1-2H3/t23-,24+,26-,28-,29+,34+/m0/s1. The van der Waals surface area contributed by atoms with Gasteiger partial charge in [-0.1, -0.05) is 42.0 Å². The van der Waals surface area contributed by atoms with Crippen LogP contribution in [0.5, 0.6) is 11.5 Å². The highest BCUT2D eigenvalue weighted by Gasteiger charge is 2.68. The number of amides is 4. The van der Waals surface area contributed by atoms with Gasteiger partial charge in [0.05, 0.1) is 41.7 Å². The predicted octanol–water partition coefficient (Wildman–Crippen LogP) is 2.52. The Morgan fingerprint density at radius 1 is 0.844 bits per heavy atom. The zero-order chi connectivity index (χ0) is 31.8. The zero-order valence-electron chi connectivity index (χ0n) is 24.7. The molecule has 2 heterocycles. The number of phenols is 1. The van der Waals surface area contributed by atoms with Crippen molar-refractivity contribution in [3.63, 3.8) is 0 Å². The van der Waals surface area contributed by atoms with Crippen molar-refractivity contribution in [3.8, 4) is 11.5 Å². The molecule has 45 heavy (non-hydrogen) atoms. The number of para-hydroxylation sites is 1. The van der Waals surface area contributed by atoms with E-state index in [1.807, 2.05) is 6.08 Å². The van der Waals surface area contributed by atoms with E-state index in [2.05, 4.69) is 0 Å². The van der Waals surface area contributed by atoms with Gasteiger partial charge in [-0.15, -0.1) is 0 Å². The monoisotopic (exact) mass is 606 g/mol. The number of anilines is 2. The molecule has 0 bridgehead atoms. The molecular weight excluding hydrogens is 575 g/mol. The SMILES string of the molecule is COc1ccc(O)c([C@H]2C3=CC[C@@H]4C(=O)N(c5cccc(B(O)O)c5)C(=O)[C@@H]4[C@@H]3C[C@H]3C(=O)N(c4ccccc4)C(=O)[C@@]23C)c1. The fourth-order valence-corrected chi connectivity index (χ4v) is 8.15. The third kappa shape index (κ3) is 4.10. The van der Waals surface area contributed by atoms with E-state index >= 15 is 0 Å². The lowest BCUT2D eigenvalue weighted by Gasteiger charge is -2.49. The largest absolute Gasteiger partial charge is 0.508 e. The van der Waals surface area contributed by atoms with Crippen LogP contribution in [-0.2, 0) is 19.2 Å². The lowest BCUT2D eigenvalue weighted by atomic mass is 9.51. The summed E-state index contributed by atoms with van der Waals surface area (Å²) in [6, 6.07) is 19.5. The molecule has 2 aliphatic heterocycles. The van der Waals surface area contributed by atoms with Crippen LogP contribution in [-0.4, -0.2) is 53.0 Å². The first-order valence-electron chi connectivity index (χ1n) is 14.9. The topological polar surface area (TPSA) is 145 Å². The van der Waals surface area contributed by atoms with E-state index in [1.54, 1.807) is 61.5 Å². The molecule has 4 amide bonds. The van der Waals surface area contributed by atoms with Crippen molar-refractivity contribution >= 4 is 47.6 Å². The van der Waals surface area contributed by atoms with Gasteiger partial charge in [0, 0.05) is 11.5 Å². The Balaban J connectivity index is 1.37. The van der Waals surface area contributed by atoms with Gasteiger partial charge in [-0.25, -0.2) is 4.90 Å². The summed E-state index contributed by atoms with van der Waals surface area (Å²) in [7, 11) is -0.280. The van der Waals surface area contributed by atoms with Crippen LogP contribution in [0.25, 0.3) is 0 Å². The van der Waals surface area contributed by atoms with Gasteiger partial charge in [0.1, 0.15) is 11.5 Å². The molecule has 0 spiro atoms. The van der Waals surface area contributed by atoms with Crippen LogP contribution < -0.4 is 20.0 Å². The van der Waals surface area contributed by atoms with E-state index in [-0.39, 0.29) is 35.6 Å². The minimum atomic E-state index is -1.78. The molecule has 11 heteroatoms. The van der Waals surface area contributed by atoms with E-state index < -0.39 is 59.8 Å². The van der Waals surface area contributed by atoms with Crippen LogP contribution in [0.4, 0.5) is 11.4 Å². The first-order valence-corrected chi connectivity index (χ1v) is 14.9. The van der Waals surface area contributed by atoms with Crippen LogP contribution in [0.15, 0.2) is 84.4 Å². The summed E-state index contributed by atoms with van der Waals surface area (Å²) in [4.78, 5) is 59.0. The average molecular weight is 606 g/mol. The van der Waals surface area contributed by atoms with Gasteiger partial charge in [-0.05, 0) is 73.6 Å². The van der Waals surface area contributed by atoms with Crippen LogP contribution in [0.1, 0.15) is 31.2 Å². The van der Waals surface area contributed by atoms with E-state index in [9.17, 15) is 34.3 Å². The van der Waals surface area contributed by atoms with Gasteiger partial charge in [-0.2, -0.15) is 0 Å². The molecule has 7 rings (SSSR count). The second kappa shape index (κ2) is 10.4. The van der Waals surface area contributed by atoms with E-state index in [4.69, 9.17) is 4.74 Å². The van der Waals surface area contributed by atoms with Crippen LogP contribution in [0, 0.1) is 29.1 Å². The lowest BCUT2D eigenvalue weighted by molar-refractivity contribution is -0.131. The Kier molecular flexibility index (Phi) is 6.72. The molecule has 3 aromatic rings. The van der Waals surface area contributed by atoms with Crippen molar-refractivity contribution in [2.45, 2.75) is 25.7 Å². The van der Waals surface area contributed by atoms with E-state index in [0.29, 0.717) is 17.0 Å². The summed E-state index contributed by atoms with van der Waals surface area (Å²) < 4.78 is 5.48. The molecule has 0 radical (unpaired) electrons. The number of phenolic OH excluding ortho intramolecular Hbond substituents is 1. The fourth-order valence-electron chi connectivity index (χ4n) is 8.15. The Bertz CT molecular complexity index is 1790. The quantitative estimate of drug-likeness (QED) is 0.228. The van der Waals surface area contributed by atoms with Gasteiger partial charge < -0.3 is 19.9 Å². The molecule has 3 aromatic carbocycles. The fraction of sp³-hybridized carbons (Fsp3) is 0.294.